The Morgan fingerprint density at radius 1 is 1.11 bits per heavy atom. The van der Waals surface area contributed by atoms with Crippen LogP contribution in [0.5, 0.6) is 5.75 Å². The normalized spacial score (nSPS) is 10.4. The van der Waals surface area contributed by atoms with Crippen LogP contribution in [0.1, 0.15) is 10.4 Å². The Kier molecular flexibility index (Phi) is 2.78. The van der Waals surface area contributed by atoms with E-state index in [4.69, 9.17) is 4.74 Å². The zero-order valence-corrected chi connectivity index (χ0v) is 10.2. The molecule has 0 amide bonds. The van der Waals surface area contributed by atoms with Crippen molar-refractivity contribution in [2.45, 2.75) is 0 Å². The Hall–Kier alpha value is -2.20. The molecule has 3 rings (SSSR count). The number of carbonyl (C=O) groups excluding carboxylic acids is 1. The van der Waals surface area contributed by atoms with Crippen molar-refractivity contribution in [1.29, 1.82) is 0 Å². The third kappa shape index (κ3) is 2.10. The topological polar surface area (TPSA) is 39.2 Å². The molecule has 0 unspecified atom stereocenters. The van der Waals surface area contributed by atoms with Gasteiger partial charge in [0.05, 0.1) is 10.3 Å². The first-order valence-corrected chi connectivity index (χ1v) is 6.22. The van der Waals surface area contributed by atoms with Crippen molar-refractivity contribution in [3.8, 4) is 5.75 Å². The van der Waals surface area contributed by atoms with Crippen LogP contribution in [0.3, 0.4) is 0 Å². The third-order valence-corrected chi connectivity index (χ3v) is 3.32. The van der Waals surface area contributed by atoms with Crippen LogP contribution in [0.4, 0.5) is 0 Å². The van der Waals surface area contributed by atoms with E-state index in [-0.39, 0.29) is 5.97 Å². The van der Waals surface area contributed by atoms with Crippen LogP contribution < -0.4 is 4.74 Å². The molecule has 0 saturated heterocycles. The number of esters is 1. The number of hydrogen-bond donors (Lipinski definition) is 0. The summed E-state index contributed by atoms with van der Waals surface area (Å²) in [6, 6.07) is 14.4. The molecule has 1 aromatic heterocycles. The fourth-order valence-electron chi connectivity index (χ4n) is 1.65. The average molecular weight is 255 g/mol. The van der Waals surface area contributed by atoms with Gasteiger partial charge in [0, 0.05) is 11.6 Å². The highest BCUT2D eigenvalue weighted by molar-refractivity contribution is 7.13. The molecule has 0 aliphatic carbocycles. The predicted octanol–water partition coefficient (Wildman–Crippen LogP) is 3.52. The zero-order valence-electron chi connectivity index (χ0n) is 9.37. The summed E-state index contributed by atoms with van der Waals surface area (Å²) in [7, 11) is 0. The molecule has 2 aromatic carbocycles. The highest BCUT2D eigenvalue weighted by Crippen LogP contribution is 2.23. The van der Waals surface area contributed by atoms with Crippen LogP contribution in [-0.2, 0) is 0 Å². The van der Waals surface area contributed by atoms with Crippen LogP contribution in [-0.4, -0.2) is 10.3 Å². The maximum Gasteiger partial charge on any atom is 0.343 e. The van der Waals surface area contributed by atoms with Crippen molar-refractivity contribution in [3.05, 3.63) is 60.3 Å². The molecule has 0 aliphatic heterocycles. The molecule has 0 saturated carbocycles. The van der Waals surface area contributed by atoms with Crippen molar-refractivity contribution >= 4 is 27.6 Å². The smallest absolute Gasteiger partial charge is 0.343 e. The molecule has 0 N–H and O–H groups in total. The minimum Gasteiger partial charge on any atom is -0.423 e. The molecule has 18 heavy (non-hydrogen) atoms. The first-order chi connectivity index (χ1) is 8.83. The van der Waals surface area contributed by atoms with Gasteiger partial charge in [-0.15, -0.1) is 0 Å². The van der Waals surface area contributed by atoms with Gasteiger partial charge in [-0.1, -0.05) is 18.2 Å². The molecular formula is C14H9NO2S. The second-order valence-corrected chi connectivity index (χ2v) is 4.61. The second kappa shape index (κ2) is 4.58. The number of aromatic nitrogens is 1. The van der Waals surface area contributed by atoms with Gasteiger partial charge in [-0.3, -0.25) is 0 Å². The summed E-state index contributed by atoms with van der Waals surface area (Å²) in [5.41, 5.74) is 0.543. The summed E-state index contributed by atoms with van der Waals surface area (Å²) in [5, 5.41) is 0.985. The number of benzene rings is 2. The molecule has 1 heterocycles. The molecule has 0 atom stereocenters. The first-order valence-electron chi connectivity index (χ1n) is 5.44. The number of carbonyl (C=O) groups is 1. The van der Waals surface area contributed by atoms with E-state index >= 15 is 0 Å². The fraction of sp³-hybridized carbons (Fsp3) is 0. The van der Waals surface area contributed by atoms with E-state index in [1.54, 1.807) is 24.4 Å². The maximum absolute atomic E-state index is 11.9. The van der Waals surface area contributed by atoms with Gasteiger partial charge in [0.1, 0.15) is 5.75 Å². The number of ether oxygens (including phenoxy) is 1. The molecule has 3 nitrogen and oxygen atoms in total. The van der Waals surface area contributed by atoms with Crippen molar-refractivity contribution in [1.82, 2.24) is 4.37 Å². The van der Waals surface area contributed by atoms with E-state index in [1.165, 1.54) is 11.5 Å². The minimum absolute atomic E-state index is 0.349. The van der Waals surface area contributed by atoms with Gasteiger partial charge in [0.25, 0.3) is 0 Å². The first kappa shape index (κ1) is 10.9. The maximum atomic E-state index is 11.9. The van der Waals surface area contributed by atoms with E-state index in [1.807, 2.05) is 30.3 Å². The Morgan fingerprint density at radius 2 is 1.94 bits per heavy atom. The van der Waals surface area contributed by atoms with Gasteiger partial charge in [0.15, 0.2) is 0 Å². The number of fused-ring (bicyclic) bond motifs is 1. The van der Waals surface area contributed by atoms with Crippen molar-refractivity contribution < 1.29 is 9.53 Å². The quantitative estimate of drug-likeness (QED) is 0.519. The third-order valence-electron chi connectivity index (χ3n) is 2.54. The zero-order chi connectivity index (χ0) is 12.4. The van der Waals surface area contributed by atoms with E-state index in [0.717, 1.165) is 10.1 Å². The van der Waals surface area contributed by atoms with Crippen LogP contribution in [0.2, 0.25) is 0 Å². The largest absolute Gasteiger partial charge is 0.423 e. The fourth-order valence-corrected chi connectivity index (χ4v) is 2.28. The van der Waals surface area contributed by atoms with Gasteiger partial charge in [0.2, 0.25) is 0 Å². The summed E-state index contributed by atoms with van der Waals surface area (Å²) < 4.78 is 10.5. The van der Waals surface area contributed by atoms with Gasteiger partial charge < -0.3 is 4.74 Å². The van der Waals surface area contributed by atoms with Gasteiger partial charge in [-0.25, -0.2) is 4.79 Å². The van der Waals surface area contributed by atoms with Crippen molar-refractivity contribution in [3.63, 3.8) is 0 Å². The van der Waals surface area contributed by atoms with Gasteiger partial charge in [-0.05, 0) is 41.9 Å². The van der Waals surface area contributed by atoms with Crippen LogP contribution in [0, 0.1) is 0 Å². The Bertz CT molecular complexity index is 691. The van der Waals surface area contributed by atoms with E-state index in [0.29, 0.717) is 11.3 Å². The summed E-state index contributed by atoms with van der Waals surface area (Å²) in [6.07, 6.45) is 1.76. The van der Waals surface area contributed by atoms with E-state index in [9.17, 15) is 4.79 Å². The van der Waals surface area contributed by atoms with Crippen LogP contribution in [0.25, 0.3) is 10.1 Å². The van der Waals surface area contributed by atoms with Crippen molar-refractivity contribution in [2.24, 2.45) is 0 Å². The summed E-state index contributed by atoms with van der Waals surface area (Å²) in [6.45, 7) is 0. The lowest BCUT2D eigenvalue weighted by Crippen LogP contribution is -2.07. The second-order valence-electron chi connectivity index (χ2n) is 3.78. The lowest BCUT2D eigenvalue weighted by atomic mass is 10.2. The average Bonchev–Trinajstić information content (AvgIpc) is 2.87. The predicted molar refractivity (Wildman–Crippen MR) is 71.0 cm³/mol. The SMILES string of the molecule is O=C(Oc1ccc2sncc2c1)c1ccccc1. The van der Waals surface area contributed by atoms with Gasteiger partial charge >= 0.3 is 5.97 Å². The van der Waals surface area contributed by atoms with Crippen LogP contribution in [0.15, 0.2) is 54.7 Å². The van der Waals surface area contributed by atoms with E-state index in [2.05, 4.69) is 4.37 Å². The summed E-state index contributed by atoms with van der Waals surface area (Å²) in [5.74, 6) is 0.190. The standard InChI is InChI=1S/C14H9NO2S/c16-14(10-4-2-1-3-5-10)17-12-6-7-13-11(8-12)9-15-18-13/h1-9H. The van der Waals surface area contributed by atoms with Crippen LogP contribution >= 0.6 is 11.5 Å². The summed E-state index contributed by atoms with van der Waals surface area (Å²) >= 11 is 1.42. The molecule has 0 aliphatic rings. The highest BCUT2D eigenvalue weighted by atomic mass is 32.1. The molecule has 0 bridgehead atoms. The van der Waals surface area contributed by atoms with Crippen molar-refractivity contribution in [2.75, 3.05) is 0 Å². The van der Waals surface area contributed by atoms with E-state index < -0.39 is 0 Å². The Balaban J connectivity index is 1.86. The molecule has 0 radical (unpaired) electrons. The highest BCUT2D eigenvalue weighted by Gasteiger charge is 2.08. The molecule has 4 heteroatoms. The molecular weight excluding hydrogens is 246 g/mol. The Labute approximate surface area is 108 Å². The minimum atomic E-state index is -0.349. The number of hydrogen-bond acceptors (Lipinski definition) is 4. The number of rotatable bonds is 2. The Morgan fingerprint density at radius 3 is 2.78 bits per heavy atom. The molecule has 0 spiro atoms. The summed E-state index contributed by atoms with van der Waals surface area (Å²) in [4.78, 5) is 11.9. The monoisotopic (exact) mass is 255 g/mol. The lowest BCUT2D eigenvalue weighted by Gasteiger charge is -2.03. The van der Waals surface area contributed by atoms with Gasteiger partial charge in [-0.2, -0.15) is 4.37 Å². The molecule has 3 aromatic rings. The lowest BCUT2D eigenvalue weighted by molar-refractivity contribution is 0.0735. The molecule has 0 fully saturated rings. The molecule has 88 valence electrons. The number of nitrogens with zero attached hydrogens (tertiary/aromatic N) is 1.